The minimum atomic E-state index is -0.663. The number of hydrogen-bond acceptors (Lipinski definition) is 5. The third-order valence-corrected chi connectivity index (χ3v) is 3.51. The molecule has 0 saturated carbocycles. The Bertz CT molecular complexity index is 779. The second kappa shape index (κ2) is 8.74. The van der Waals surface area contributed by atoms with Crippen LogP contribution in [0.15, 0.2) is 46.4 Å². The second-order valence-electron chi connectivity index (χ2n) is 5.71. The molecule has 0 amide bonds. The van der Waals surface area contributed by atoms with E-state index in [9.17, 15) is 4.79 Å². The van der Waals surface area contributed by atoms with Crippen molar-refractivity contribution in [3.63, 3.8) is 0 Å². The standard InChI is InChI=1S/C20H21NO4/c1-4-23-20(22)16(12-21)11-18-9-10-19(25-18)13-24-17-7-5-15(6-8-17)14(2)3/h5-11,14H,4,13H2,1-3H3. The Kier molecular flexibility index (Phi) is 6.41. The highest BCUT2D eigenvalue weighted by Gasteiger charge is 2.11. The molecule has 130 valence electrons. The van der Waals surface area contributed by atoms with Crippen molar-refractivity contribution in [1.29, 1.82) is 5.26 Å². The lowest BCUT2D eigenvalue weighted by Gasteiger charge is -2.07. The van der Waals surface area contributed by atoms with E-state index in [0.29, 0.717) is 17.4 Å². The van der Waals surface area contributed by atoms with Crippen molar-refractivity contribution in [1.82, 2.24) is 0 Å². The van der Waals surface area contributed by atoms with Gasteiger partial charge in [0.2, 0.25) is 0 Å². The quantitative estimate of drug-likeness (QED) is 0.423. The maximum absolute atomic E-state index is 11.6. The Morgan fingerprint density at radius 1 is 1.24 bits per heavy atom. The van der Waals surface area contributed by atoms with Crippen LogP contribution < -0.4 is 4.74 Å². The molecular weight excluding hydrogens is 318 g/mol. The van der Waals surface area contributed by atoms with Gasteiger partial charge in [-0.15, -0.1) is 0 Å². The maximum atomic E-state index is 11.6. The lowest BCUT2D eigenvalue weighted by molar-refractivity contribution is -0.137. The summed E-state index contributed by atoms with van der Waals surface area (Å²) in [6, 6.07) is 13.2. The number of ether oxygens (including phenoxy) is 2. The summed E-state index contributed by atoms with van der Waals surface area (Å²) >= 11 is 0. The van der Waals surface area contributed by atoms with Gasteiger partial charge in [-0.05, 0) is 42.7 Å². The van der Waals surface area contributed by atoms with Crippen LogP contribution in [0.5, 0.6) is 5.75 Å². The van der Waals surface area contributed by atoms with Gasteiger partial charge in [0.25, 0.3) is 0 Å². The number of rotatable bonds is 7. The summed E-state index contributed by atoms with van der Waals surface area (Å²) in [6.45, 7) is 6.43. The van der Waals surface area contributed by atoms with Crippen LogP contribution in [0.1, 0.15) is 43.8 Å². The first-order valence-corrected chi connectivity index (χ1v) is 8.14. The summed E-state index contributed by atoms with van der Waals surface area (Å²) in [5, 5.41) is 9.02. The molecular formula is C20H21NO4. The average molecular weight is 339 g/mol. The molecule has 2 aromatic rings. The SMILES string of the molecule is CCOC(=O)C(C#N)=Cc1ccc(COc2ccc(C(C)C)cc2)o1. The molecule has 0 saturated heterocycles. The highest BCUT2D eigenvalue weighted by molar-refractivity contribution is 5.97. The Hall–Kier alpha value is -3.00. The van der Waals surface area contributed by atoms with Crippen molar-refractivity contribution in [3.8, 4) is 11.8 Å². The van der Waals surface area contributed by atoms with Gasteiger partial charge in [-0.3, -0.25) is 0 Å². The van der Waals surface area contributed by atoms with E-state index >= 15 is 0 Å². The van der Waals surface area contributed by atoms with Gasteiger partial charge in [-0.1, -0.05) is 26.0 Å². The summed E-state index contributed by atoms with van der Waals surface area (Å²) in [5.74, 6) is 1.56. The van der Waals surface area contributed by atoms with Crippen LogP contribution in [0.25, 0.3) is 6.08 Å². The minimum absolute atomic E-state index is 0.104. The Morgan fingerprint density at radius 2 is 1.96 bits per heavy atom. The van der Waals surface area contributed by atoms with Crippen LogP contribution in [0.3, 0.4) is 0 Å². The molecule has 0 aliphatic carbocycles. The van der Waals surface area contributed by atoms with Crippen molar-refractivity contribution < 1.29 is 18.7 Å². The van der Waals surface area contributed by atoms with Crippen LogP contribution in [0, 0.1) is 11.3 Å². The normalized spacial score (nSPS) is 11.2. The lowest BCUT2D eigenvalue weighted by atomic mass is 10.0. The van der Waals surface area contributed by atoms with E-state index in [1.54, 1.807) is 19.1 Å². The molecule has 0 aliphatic heterocycles. The van der Waals surface area contributed by atoms with E-state index in [1.165, 1.54) is 11.6 Å². The Labute approximate surface area is 147 Å². The number of esters is 1. The first kappa shape index (κ1) is 18.3. The number of carbonyl (C=O) groups excluding carboxylic acids is 1. The van der Waals surface area contributed by atoms with Gasteiger partial charge >= 0.3 is 5.97 Å². The number of nitrogens with zero attached hydrogens (tertiary/aromatic N) is 1. The number of furan rings is 1. The van der Waals surface area contributed by atoms with Crippen LogP contribution in [-0.2, 0) is 16.1 Å². The van der Waals surface area contributed by atoms with Gasteiger partial charge in [-0.25, -0.2) is 4.79 Å². The van der Waals surface area contributed by atoms with Crippen molar-refractivity contribution in [2.24, 2.45) is 0 Å². The summed E-state index contributed by atoms with van der Waals surface area (Å²) in [7, 11) is 0. The number of benzene rings is 1. The summed E-state index contributed by atoms with van der Waals surface area (Å²) in [5.41, 5.74) is 1.15. The molecule has 0 fully saturated rings. The van der Waals surface area contributed by atoms with E-state index in [2.05, 4.69) is 13.8 Å². The fourth-order valence-electron chi connectivity index (χ4n) is 2.14. The molecule has 5 nitrogen and oxygen atoms in total. The zero-order valence-electron chi connectivity index (χ0n) is 14.6. The van der Waals surface area contributed by atoms with Crippen LogP contribution in [0.2, 0.25) is 0 Å². The zero-order valence-corrected chi connectivity index (χ0v) is 14.6. The molecule has 0 aliphatic rings. The van der Waals surface area contributed by atoms with E-state index in [0.717, 1.165) is 5.75 Å². The van der Waals surface area contributed by atoms with Crippen LogP contribution in [0.4, 0.5) is 0 Å². The van der Waals surface area contributed by atoms with Gasteiger partial charge in [-0.2, -0.15) is 5.26 Å². The average Bonchev–Trinajstić information content (AvgIpc) is 3.06. The number of hydrogen-bond donors (Lipinski definition) is 0. The van der Waals surface area contributed by atoms with Crippen molar-refractivity contribution >= 4 is 12.0 Å². The summed E-state index contributed by atoms with van der Waals surface area (Å²) in [6.07, 6.45) is 1.36. The highest BCUT2D eigenvalue weighted by Crippen LogP contribution is 2.20. The molecule has 0 unspecified atom stereocenters. The lowest BCUT2D eigenvalue weighted by Crippen LogP contribution is -2.05. The fourth-order valence-corrected chi connectivity index (χ4v) is 2.14. The Balaban J connectivity index is 1.99. The molecule has 2 rings (SSSR count). The fraction of sp³-hybridized carbons (Fsp3) is 0.300. The number of nitriles is 1. The molecule has 25 heavy (non-hydrogen) atoms. The highest BCUT2D eigenvalue weighted by atomic mass is 16.5. The molecule has 0 radical (unpaired) electrons. The topological polar surface area (TPSA) is 72.5 Å². The first-order chi connectivity index (χ1) is 12.0. The molecule has 0 N–H and O–H groups in total. The molecule has 5 heteroatoms. The van der Waals surface area contributed by atoms with E-state index in [-0.39, 0.29) is 18.8 Å². The van der Waals surface area contributed by atoms with Gasteiger partial charge < -0.3 is 13.9 Å². The predicted octanol–water partition coefficient (Wildman–Crippen LogP) is 4.45. The Morgan fingerprint density at radius 3 is 2.56 bits per heavy atom. The molecule has 1 heterocycles. The van der Waals surface area contributed by atoms with E-state index in [1.807, 2.05) is 30.3 Å². The van der Waals surface area contributed by atoms with Crippen molar-refractivity contribution in [2.45, 2.75) is 33.3 Å². The molecule has 1 aromatic heterocycles. The molecule has 1 aromatic carbocycles. The smallest absolute Gasteiger partial charge is 0.349 e. The third-order valence-electron chi connectivity index (χ3n) is 3.51. The first-order valence-electron chi connectivity index (χ1n) is 8.14. The molecule has 0 atom stereocenters. The summed E-state index contributed by atoms with van der Waals surface area (Å²) < 4.78 is 16.1. The van der Waals surface area contributed by atoms with Gasteiger partial charge in [0.15, 0.2) is 0 Å². The van der Waals surface area contributed by atoms with E-state index < -0.39 is 5.97 Å². The number of carbonyl (C=O) groups is 1. The zero-order chi connectivity index (χ0) is 18.2. The summed E-state index contributed by atoms with van der Waals surface area (Å²) in [4.78, 5) is 11.6. The van der Waals surface area contributed by atoms with Gasteiger partial charge in [0.05, 0.1) is 6.61 Å². The third kappa shape index (κ3) is 5.25. The van der Waals surface area contributed by atoms with E-state index in [4.69, 9.17) is 19.2 Å². The predicted molar refractivity (Wildman–Crippen MR) is 93.8 cm³/mol. The van der Waals surface area contributed by atoms with Crippen molar-refractivity contribution in [3.05, 3.63) is 59.1 Å². The maximum Gasteiger partial charge on any atom is 0.349 e. The molecule has 0 spiro atoms. The molecule has 0 bridgehead atoms. The van der Waals surface area contributed by atoms with Crippen LogP contribution in [-0.4, -0.2) is 12.6 Å². The van der Waals surface area contributed by atoms with Crippen LogP contribution >= 0.6 is 0 Å². The van der Waals surface area contributed by atoms with Crippen molar-refractivity contribution in [2.75, 3.05) is 6.61 Å². The second-order valence-corrected chi connectivity index (χ2v) is 5.71. The van der Waals surface area contributed by atoms with Gasteiger partial charge in [0, 0.05) is 6.08 Å². The largest absolute Gasteiger partial charge is 0.486 e. The van der Waals surface area contributed by atoms with Gasteiger partial charge in [0.1, 0.15) is 35.5 Å². The minimum Gasteiger partial charge on any atom is -0.486 e. The monoisotopic (exact) mass is 339 g/mol.